The first kappa shape index (κ1) is 32.8. The van der Waals surface area contributed by atoms with Gasteiger partial charge < -0.3 is 9.47 Å². The predicted molar refractivity (Wildman–Crippen MR) is 203 cm³/mol. The number of hydrogen-bond donors (Lipinski definition) is 0. The third-order valence-corrected chi connectivity index (χ3v) is 9.69. The summed E-state index contributed by atoms with van der Waals surface area (Å²) in [6, 6.07) is 34.6. The zero-order valence-electron chi connectivity index (χ0n) is 30.1. The van der Waals surface area contributed by atoms with Gasteiger partial charge in [0.15, 0.2) is 0 Å². The number of hydrogen-bond acceptors (Lipinski definition) is 2. The standard InChI is InChI=1S/C46H46O2/c1-27-16-11-17-28(2)39(27)37-26-38(47-44-33(7)22-14-23-34(44)8)43(41-31(5)20-13-21-32(41)6)46(48-45-35(9)24-15-25-36(45)10)42(37)40-29(3)18-12-19-30(40)4/h11-26H,1-10H3. The Morgan fingerprint density at radius 1 is 0.292 bits per heavy atom. The molecule has 0 saturated heterocycles. The van der Waals surface area contributed by atoms with Crippen molar-refractivity contribution in [2.75, 3.05) is 0 Å². The summed E-state index contributed by atoms with van der Waals surface area (Å²) in [5, 5.41) is 0. The molecule has 0 spiro atoms. The summed E-state index contributed by atoms with van der Waals surface area (Å²) in [5.41, 5.74) is 18.1. The number of para-hydroxylation sites is 2. The van der Waals surface area contributed by atoms with Crippen LogP contribution in [0.3, 0.4) is 0 Å². The van der Waals surface area contributed by atoms with Crippen LogP contribution >= 0.6 is 0 Å². The van der Waals surface area contributed by atoms with Crippen LogP contribution in [-0.2, 0) is 0 Å². The summed E-state index contributed by atoms with van der Waals surface area (Å²) in [7, 11) is 0. The van der Waals surface area contributed by atoms with Crippen LogP contribution in [0.15, 0.2) is 97.1 Å². The van der Waals surface area contributed by atoms with Crippen LogP contribution in [0.2, 0.25) is 0 Å². The lowest BCUT2D eigenvalue weighted by Gasteiger charge is -2.28. The summed E-state index contributed by atoms with van der Waals surface area (Å²) in [5.74, 6) is 3.33. The Kier molecular flexibility index (Phi) is 9.03. The van der Waals surface area contributed by atoms with Crippen molar-refractivity contribution < 1.29 is 9.47 Å². The summed E-state index contributed by atoms with van der Waals surface area (Å²) in [6.45, 7) is 21.7. The minimum atomic E-state index is 0.777. The van der Waals surface area contributed by atoms with Crippen LogP contribution in [0.25, 0.3) is 33.4 Å². The zero-order valence-corrected chi connectivity index (χ0v) is 30.1. The van der Waals surface area contributed by atoms with Gasteiger partial charge in [-0.2, -0.15) is 0 Å². The van der Waals surface area contributed by atoms with E-state index in [0.717, 1.165) is 67.5 Å². The first-order valence-electron chi connectivity index (χ1n) is 16.9. The number of rotatable bonds is 7. The molecule has 2 nitrogen and oxygen atoms in total. The van der Waals surface area contributed by atoms with E-state index >= 15 is 0 Å². The van der Waals surface area contributed by atoms with Crippen molar-refractivity contribution >= 4 is 0 Å². The van der Waals surface area contributed by atoms with Gasteiger partial charge in [0.25, 0.3) is 0 Å². The van der Waals surface area contributed by atoms with Crippen molar-refractivity contribution in [1.29, 1.82) is 0 Å². The maximum Gasteiger partial charge on any atom is 0.147 e. The van der Waals surface area contributed by atoms with Gasteiger partial charge in [-0.05, 0) is 153 Å². The molecule has 0 aliphatic carbocycles. The maximum atomic E-state index is 7.43. The molecule has 0 aliphatic rings. The highest BCUT2D eigenvalue weighted by Crippen LogP contribution is 2.56. The highest BCUT2D eigenvalue weighted by Gasteiger charge is 2.30. The van der Waals surface area contributed by atoms with Crippen molar-refractivity contribution in [3.05, 3.63) is 153 Å². The number of aryl methyl sites for hydroxylation is 10. The van der Waals surface area contributed by atoms with Gasteiger partial charge in [0.1, 0.15) is 23.0 Å². The minimum Gasteiger partial charge on any atom is -0.456 e. The Hall–Kier alpha value is -5.08. The van der Waals surface area contributed by atoms with Crippen molar-refractivity contribution in [2.45, 2.75) is 69.2 Å². The smallest absolute Gasteiger partial charge is 0.147 e. The van der Waals surface area contributed by atoms with Crippen LogP contribution in [-0.4, -0.2) is 0 Å². The van der Waals surface area contributed by atoms with Crippen LogP contribution in [0.5, 0.6) is 23.0 Å². The molecule has 6 aromatic rings. The molecular weight excluding hydrogens is 585 g/mol. The second-order valence-electron chi connectivity index (χ2n) is 13.4. The van der Waals surface area contributed by atoms with Crippen LogP contribution < -0.4 is 9.47 Å². The first-order chi connectivity index (χ1) is 23.0. The second-order valence-corrected chi connectivity index (χ2v) is 13.4. The molecule has 0 saturated carbocycles. The molecule has 242 valence electrons. The highest BCUT2D eigenvalue weighted by atomic mass is 16.5. The van der Waals surface area contributed by atoms with Gasteiger partial charge in [-0.1, -0.05) is 91.0 Å². The molecule has 0 aromatic heterocycles. The van der Waals surface area contributed by atoms with Crippen molar-refractivity contribution in [3.63, 3.8) is 0 Å². The molecule has 0 heterocycles. The van der Waals surface area contributed by atoms with Crippen molar-refractivity contribution in [1.82, 2.24) is 0 Å². The lowest BCUT2D eigenvalue weighted by atomic mass is 9.82. The molecule has 0 radical (unpaired) electrons. The number of ether oxygens (including phenoxy) is 2. The van der Waals surface area contributed by atoms with Gasteiger partial charge in [-0.3, -0.25) is 0 Å². The lowest BCUT2D eigenvalue weighted by molar-refractivity contribution is 0.458. The van der Waals surface area contributed by atoms with Gasteiger partial charge >= 0.3 is 0 Å². The van der Waals surface area contributed by atoms with E-state index in [-0.39, 0.29) is 0 Å². The predicted octanol–water partition coefficient (Wildman–Crippen LogP) is 13.4. The molecule has 0 N–H and O–H groups in total. The fourth-order valence-corrected chi connectivity index (χ4v) is 7.29. The lowest BCUT2D eigenvalue weighted by Crippen LogP contribution is -2.05. The highest BCUT2D eigenvalue weighted by molar-refractivity contribution is 6.00. The van der Waals surface area contributed by atoms with Crippen LogP contribution in [0, 0.1) is 69.2 Å². The summed E-state index contributed by atoms with van der Waals surface area (Å²) in [4.78, 5) is 0. The first-order valence-corrected chi connectivity index (χ1v) is 16.9. The molecule has 0 bridgehead atoms. The van der Waals surface area contributed by atoms with Crippen LogP contribution in [0.1, 0.15) is 55.6 Å². The molecule has 0 fully saturated rings. The molecular formula is C46H46O2. The molecule has 0 aliphatic heterocycles. The molecule has 0 unspecified atom stereocenters. The molecule has 6 aromatic carbocycles. The molecule has 6 rings (SSSR count). The fraction of sp³-hybridized carbons (Fsp3) is 0.217. The zero-order chi connectivity index (χ0) is 34.3. The monoisotopic (exact) mass is 630 g/mol. The Balaban J connectivity index is 1.89. The SMILES string of the molecule is Cc1cccc(C)c1Oc1cc(-c2c(C)cccc2C)c(-c2c(C)cccc2C)c(Oc2c(C)cccc2C)c1-c1c(C)cccc1C. The van der Waals surface area contributed by atoms with E-state index in [9.17, 15) is 0 Å². The van der Waals surface area contributed by atoms with E-state index in [1.165, 1.54) is 44.5 Å². The maximum absolute atomic E-state index is 7.43. The summed E-state index contributed by atoms with van der Waals surface area (Å²) in [6.07, 6.45) is 0. The molecule has 48 heavy (non-hydrogen) atoms. The average molecular weight is 631 g/mol. The Labute approximate surface area is 287 Å². The van der Waals surface area contributed by atoms with E-state index in [0.29, 0.717) is 0 Å². The van der Waals surface area contributed by atoms with E-state index in [2.05, 4.69) is 166 Å². The van der Waals surface area contributed by atoms with Gasteiger partial charge in [-0.25, -0.2) is 0 Å². The van der Waals surface area contributed by atoms with Gasteiger partial charge in [0, 0.05) is 5.56 Å². The van der Waals surface area contributed by atoms with Gasteiger partial charge in [-0.15, -0.1) is 0 Å². The summed E-state index contributed by atoms with van der Waals surface area (Å²) < 4.78 is 14.6. The van der Waals surface area contributed by atoms with Crippen LogP contribution in [0.4, 0.5) is 0 Å². The minimum absolute atomic E-state index is 0.777. The van der Waals surface area contributed by atoms with Gasteiger partial charge in [0.2, 0.25) is 0 Å². The third-order valence-electron chi connectivity index (χ3n) is 9.69. The Bertz CT molecular complexity index is 2080. The van der Waals surface area contributed by atoms with E-state index in [1.54, 1.807) is 0 Å². The topological polar surface area (TPSA) is 18.5 Å². The Morgan fingerprint density at radius 2 is 0.604 bits per heavy atom. The summed E-state index contributed by atoms with van der Waals surface area (Å²) >= 11 is 0. The van der Waals surface area contributed by atoms with Gasteiger partial charge in [0.05, 0.1) is 5.56 Å². The fourth-order valence-electron chi connectivity index (χ4n) is 7.29. The normalized spacial score (nSPS) is 11.1. The molecule has 2 heteroatoms. The number of benzene rings is 6. The molecule has 0 amide bonds. The second kappa shape index (κ2) is 13.2. The van der Waals surface area contributed by atoms with E-state index in [1.807, 2.05) is 0 Å². The quantitative estimate of drug-likeness (QED) is 0.175. The third kappa shape index (κ3) is 5.92. The Morgan fingerprint density at radius 3 is 1.00 bits per heavy atom. The largest absolute Gasteiger partial charge is 0.456 e. The average Bonchev–Trinajstić information content (AvgIpc) is 3.02. The van der Waals surface area contributed by atoms with E-state index < -0.39 is 0 Å². The van der Waals surface area contributed by atoms with Crippen molar-refractivity contribution in [3.8, 4) is 56.4 Å². The van der Waals surface area contributed by atoms with E-state index in [4.69, 9.17) is 9.47 Å². The molecule has 0 atom stereocenters. The van der Waals surface area contributed by atoms with Crippen molar-refractivity contribution in [2.24, 2.45) is 0 Å².